The number of carbonyl (C=O) groups excluding carboxylic acids is 2. The molecule has 6 nitrogen and oxygen atoms in total. The molecule has 5 rings (SSSR count). The summed E-state index contributed by atoms with van der Waals surface area (Å²) in [5, 5.41) is 4.30. The predicted molar refractivity (Wildman–Crippen MR) is 156 cm³/mol. The van der Waals surface area contributed by atoms with Gasteiger partial charge < -0.3 is 18.9 Å². The molecule has 4 aromatic carbocycles. The maximum atomic E-state index is 12.5. The molecule has 0 radical (unpaired) electrons. The topological polar surface area (TPSA) is 71.1 Å². The van der Waals surface area contributed by atoms with Crippen molar-refractivity contribution >= 4 is 33.5 Å². The summed E-state index contributed by atoms with van der Waals surface area (Å²) in [5.41, 5.74) is 1.88. The Labute approximate surface area is 235 Å². The van der Waals surface area contributed by atoms with Crippen LogP contribution in [-0.2, 0) is 31.9 Å². The minimum atomic E-state index is -0.197. The van der Waals surface area contributed by atoms with Crippen molar-refractivity contribution in [1.82, 2.24) is 0 Å². The van der Waals surface area contributed by atoms with Gasteiger partial charge in [-0.2, -0.15) is 0 Å². The van der Waals surface area contributed by atoms with Crippen molar-refractivity contribution in [3.05, 3.63) is 83.9 Å². The number of fused-ring (bicyclic) bond motifs is 2. The van der Waals surface area contributed by atoms with Crippen LogP contribution in [0.15, 0.2) is 72.8 Å². The normalized spacial score (nSPS) is 16.9. The van der Waals surface area contributed by atoms with Gasteiger partial charge in [-0.1, -0.05) is 48.5 Å². The van der Waals surface area contributed by atoms with E-state index in [1.807, 2.05) is 72.8 Å². The van der Waals surface area contributed by atoms with Crippen molar-refractivity contribution in [3.8, 4) is 11.5 Å². The molecule has 1 aliphatic carbocycles. The number of hydrogen-bond donors (Lipinski definition) is 0. The Hall–Kier alpha value is -4.06. The number of rotatable bonds is 10. The highest BCUT2D eigenvalue weighted by Gasteiger charge is 2.23. The van der Waals surface area contributed by atoms with Crippen molar-refractivity contribution < 1.29 is 28.5 Å². The Morgan fingerprint density at radius 2 is 0.950 bits per heavy atom. The molecule has 208 valence electrons. The van der Waals surface area contributed by atoms with Crippen LogP contribution in [0.1, 0.15) is 36.8 Å². The zero-order chi connectivity index (χ0) is 27.9. The molecule has 1 saturated carbocycles. The Balaban J connectivity index is 1.01. The highest BCUT2D eigenvalue weighted by Crippen LogP contribution is 2.30. The smallest absolute Gasteiger partial charge is 0.310 e. The molecule has 0 atom stereocenters. The third kappa shape index (κ3) is 7.12. The lowest BCUT2D eigenvalue weighted by Crippen LogP contribution is -2.24. The molecule has 0 aromatic heterocycles. The van der Waals surface area contributed by atoms with E-state index < -0.39 is 0 Å². The second-order valence-electron chi connectivity index (χ2n) is 10.7. The zero-order valence-electron chi connectivity index (χ0n) is 23.2. The van der Waals surface area contributed by atoms with E-state index in [2.05, 4.69) is 0 Å². The lowest BCUT2D eigenvalue weighted by Gasteiger charge is -2.27. The number of hydrogen-bond acceptors (Lipinski definition) is 6. The fourth-order valence-corrected chi connectivity index (χ4v) is 5.44. The van der Waals surface area contributed by atoms with E-state index in [4.69, 9.17) is 18.9 Å². The molecule has 0 amide bonds. The Kier molecular flexibility index (Phi) is 8.84. The van der Waals surface area contributed by atoms with E-state index in [-0.39, 0.29) is 24.8 Å². The van der Waals surface area contributed by atoms with Gasteiger partial charge in [0.05, 0.1) is 40.3 Å². The summed E-state index contributed by atoms with van der Waals surface area (Å²) in [5.74, 6) is 1.95. The molecule has 1 aliphatic rings. The lowest BCUT2D eigenvalue weighted by atomic mass is 9.83. The monoisotopic (exact) mass is 540 g/mol. The van der Waals surface area contributed by atoms with Gasteiger partial charge in [0.2, 0.25) is 0 Å². The maximum absolute atomic E-state index is 12.5. The van der Waals surface area contributed by atoms with Crippen LogP contribution >= 0.6 is 0 Å². The molecule has 40 heavy (non-hydrogen) atoms. The Morgan fingerprint density at radius 3 is 1.35 bits per heavy atom. The van der Waals surface area contributed by atoms with Crippen molar-refractivity contribution in [2.45, 2.75) is 38.5 Å². The van der Waals surface area contributed by atoms with Crippen LogP contribution in [0, 0.1) is 11.8 Å². The van der Waals surface area contributed by atoms with Crippen LogP contribution in [-0.4, -0.2) is 39.4 Å². The minimum Gasteiger partial charge on any atom is -0.497 e. The van der Waals surface area contributed by atoms with E-state index in [0.717, 1.165) is 69.9 Å². The van der Waals surface area contributed by atoms with Gasteiger partial charge in [0.1, 0.15) is 11.5 Å². The number of carbonyl (C=O) groups is 2. The van der Waals surface area contributed by atoms with E-state index in [1.54, 1.807) is 14.2 Å². The number of ether oxygens (including phenoxy) is 4. The van der Waals surface area contributed by atoms with Gasteiger partial charge in [0, 0.05) is 0 Å². The molecular formula is C34H36O6. The summed E-state index contributed by atoms with van der Waals surface area (Å²) in [6, 6.07) is 23.8. The highest BCUT2D eigenvalue weighted by atomic mass is 16.5. The van der Waals surface area contributed by atoms with Gasteiger partial charge in [-0.3, -0.25) is 9.59 Å². The average Bonchev–Trinajstić information content (AvgIpc) is 2.99. The molecule has 0 spiro atoms. The first kappa shape index (κ1) is 27.5. The first-order valence-corrected chi connectivity index (χ1v) is 13.9. The zero-order valence-corrected chi connectivity index (χ0v) is 23.2. The number of benzene rings is 4. The average molecular weight is 541 g/mol. The van der Waals surface area contributed by atoms with Crippen molar-refractivity contribution in [3.63, 3.8) is 0 Å². The van der Waals surface area contributed by atoms with Gasteiger partial charge in [0.15, 0.2) is 0 Å². The molecule has 0 unspecified atom stereocenters. The van der Waals surface area contributed by atoms with E-state index in [9.17, 15) is 9.59 Å². The number of methoxy groups -OCH3 is 2. The second kappa shape index (κ2) is 12.9. The van der Waals surface area contributed by atoms with E-state index >= 15 is 0 Å². The predicted octanol–water partition coefficient (Wildman–Crippen LogP) is 6.69. The fraction of sp³-hybridized carbons (Fsp3) is 0.353. The molecule has 0 saturated heterocycles. The largest absolute Gasteiger partial charge is 0.497 e. The first-order valence-electron chi connectivity index (χ1n) is 13.9. The molecule has 6 heteroatoms. The lowest BCUT2D eigenvalue weighted by molar-refractivity contribution is -0.146. The van der Waals surface area contributed by atoms with Crippen LogP contribution in [0.5, 0.6) is 11.5 Å². The van der Waals surface area contributed by atoms with E-state index in [1.165, 1.54) is 0 Å². The SMILES string of the molecule is COc1ccc2cc(CC(=O)OCC3CCC(COC(=O)Cc4ccc5cc(OC)ccc5c4)CC3)ccc2c1. The van der Waals surface area contributed by atoms with Crippen molar-refractivity contribution in [1.29, 1.82) is 0 Å². The standard InChI is InChI=1S/C34H36O6/c1-37-31-13-11-27-15-25(7-9-29(27)19-31)17-33(35)39-21-23-3-5-24(6-4-23)22-40-34(36)18-26-8-10-30-20-32(38-2)14-12-28(30)16-26/h7-16,19-20,23-24H,3-6,17-18,21-22H2,1-2H3. The van der Waals surface area contributed by atoms with Gasteiger partial charge >= 0.3 is 11.9 Å². The molecular weight excluding hydrogens is 504 g/mol. The minimum absolute atomic E-state index is 0.197. The van der Waals surface area contributed by atoms with Crippen LogP contribution in [0.25, 0.3) is 21.5 Å². The van der Waals surface area contributed by atoms with Gasteiger partial charge in [-0.15, -0.1) is 0 Å². The summed E-state index contributed by atoms with van der Waals surface area (Å²) in [7, 11) is 3.30. The molecule has 0 bridgehead atoms. The Morgan fingerprint density at radius 1 is 0.575 bits per heavy atom. The summed E-state index contributed by atoms with van der Waals surface area (Å²) >= 11 is 0. The van der Waals surface area contributed by atoms with Gasteiger partial charge in [-0.25, -0.2) is 0 Å². The van der Waals surface area contributed by atoms with Crippen LogP contribution < -0.4 is 9.47 Å². The Bertz CT molecular complexity index is 1370. The summed E-state index contributed by atoms with van der Waals surface area (Å²) in [6.45, 7) is 0.897. The van der Waals surface area contributed by atoms with Crippen molar-refractivity contribution in [2.24, 2.45) is 11.8 Å². The van der Waals surface area contributed by atoms with Crippen molar-refractivity contribution in [2.75, 3.05) is 27.4 Å². The maximum Gasteiger partial charge on any atom is 0.310 e. The molecule has 0 aliphatic heterocycles. The molecule has 0 N–H and O–H groups in total. The summed E-state index contributed by atoms with van der Waals surface area (Å²) in [4.78, 5) is 25.0. The van der Waals surface area contributed by atoms with Crippen LogP contribution in [0.2, 0.25) is 0 Å². The molecule has 1 fully saturated rings. The first-order chi connectivity index (χ1) is 19.5. The third-order valence-electron chi connectivity index (χ3n) is 7.85. The molecule has 4 aromatic rings. The summed E-state index contributed by atoms with van der Waals surface area (Å²) in [6.07, 6.45) is 4.42. The van der Waals surface area contributed by atoms with Crippen LogP contribution in [0.4, 0.5) is 0 Å². The quantitative estimate of drug-likeness (QED) is 0.209. The van der Waals surface area contributed by atoms with Gasteiger partial charge in [-0.05, 0) is 94.5 Å². The van der Waals surface area contributed by atoms with Gasteiger partial charge in [0.25, 0.3) is 0 Å². The third-order valence-corrected chi connectivity index (χ3v) is 7.85. The fourth-order valence-electron chi connectivity index (χ4n) is 5.44. The number of esters is 2. The van der Waals surface area contributed by atoms with E-state index in [0.29, 0.717) is 25.0 Å². The van der Waals surface area contributed by atoms with Crippen LogP contribution in [0.3, 0.4) is 0 Å². The molecule has 0 heterocycles. The summed E-state index contributed by atoms with van der Waals surface area (Å²) < 4.78 is 21.8. The highest BCUT2D eigenvalue weighted by molar-refractivity contribution is 5.86. The second-order valence-corrected chi connectivity index (χ2v) is 10.7.